The van der Waals surface area contributed by atoms with E-state index in [9.17, 15) is 9.90 Å². The van der Waals surface area contributed by atoms with Gasteiger partial charge >= 0.3 is 0 Å². The summed E-state index contributed by atoms with van der Waals surface area (Å²) < 4.78 is 0.800. The number of carbonyl (C=O) groups excluding carboxylic acids is 1. The minimum absolute atomic E-state index is 0.0409. The summed E-state index contributed by atoms with van der Waals surface area (Å²) in [7, 11) is 0. The molecule has 0 unspecified atom stereocenters. The average molecular weight is 363 g/mol. The highest BCUT2D eigenvalue weighted by Gasteiger charge is 2.23. The largest absolute Gasteiger partial charge is 0.507 e. The summed E-state index contributed by atoms with van der Waals surface area (Å²) in [5.41, 5.74) is 0.368. The molecule has 0 aliphatic carbocycles. The van der Waals surface area contributed by atoms with Crippen LogP contribution in [-0.4, -0.2) is 33.8 Å². The summed E-state index contributed by atoms with van der Waals surface area (Å²) in [5, 5.41) is 9.71. The SMILES string of the molecule is O=C(c1cc(Br)ccc1O)N1CCC(Br)CC1. The Balaban J connectivity index is 2.16. The minimum atomic E-state index is -0.0943. The van der Waals surface area contributed by atoms with Crippen LogP contribution in [0.2, 0.25) is 0 Å². The van der Waals surface area contributed by atoms with Gasteiger partial charge in [-0.15, -0.1) is 0 Å². The molecule has 1 aliphatic rings. The maximum Gasteiger partial charge on any atom is 0.257 e. The Morgan fingerprint density at radius 2 is 2.00 bits per heavy atom. The number of hydrogen-bond acceptors (Lipinski definition) is 2. The van der Waals surface area contributed by atoms with E-state index in [0.717, 1.165) is 30.4 Å². The molecule has 1 saturated heterocycles. The highest BCUT2D eigenvalue weighted by Crippen LogP contribution is 2.25. The zero-order valence-corrected chi connectivity index (χ0v) is 12.4. The van der Waals surface area contributed by atoms with Gasteiger partial charge in [0.1, 0.15) is 5.75 Å². The Kier molecular flexibility index (Phi) is 4.09. The first-order valence-electron chi connectivity index (χ1n) is 5.50. The molecule has 1 aliphatic heterocycles. The Morgan fingerprint density at radius 1 is 1.35 bits per heavy atom. The molecule has 1 aromatic rings. The number of nitrogens with zero attached hydrogens (tertiary/aromatic N) is 1. The molecule has 2 rings (SSSR count). The van der Waals surface area contributed by atoms with Crippen molar-refractivity contribution in [1.82, 2.24) is 4.90 Å². The molecule has 17 heavy (non-hydrogen) atoms. The first-order valence-corrected chi connectivity index (χ1v) is 7.20. The van der Waals surface area contributed by atoms with Crippen molar-refractivity contribution in [1.29, 1.82) is 0 Å². The van der Waals surface area contributed by atoms with E-state index in [-0.39, 0.29) is 11.7 Å². The predicted molar refractivity (Wildman–Crippen MR) is 73.7 cm³/mol. The van der Waals surface area contributed by atoms with Crippen molar-refractivity contribution in [3.8, 4) is 5.75 Å². The number of carbonyl (C=O) groups is 1. The molecule has 1 N–H and O–H groups in total. The summed E-state index contributed by atoms with van der Waals surface area (Å²) in [4.78, 5) is 14.5. The lowest BCUT2D eigenvalue weighted by Gasteiger charge is -2.29. The van der Waals surface area contributed by atoms with E-state index in [1.54, 1.807) is 17.0 Å². The van der Waals surface area contributed by atoms with E-state index < -0.39 is 0 Å². The number of phenols is 1. The maximum absolute atomic E-state index is 12.2. The summed E-state index contributed by atoms with van der Waals surface area (Å²) in [6.07, 6.45) is 1.92. The molecule has 0 spiro atoms. The van der Waals surface area contributed by atoms with Crippen molar-refractivity contribution in [2.24, 2.45) is 0 Å². The Hall–Kier alpha value is -0.550. The van der Waals surface area contributed by atoms with Crippen molar-refractivity contribution in [2.75, 3.05) is 13.1 Å². The number of hydrogen-bond donors (Lipinski definition) is 1. The van der Waals surface area contributed by atoms with Crippen LogP contribution in [0.15, 0.2) is 22.7 Å². The van der Waals surface area contributed by atoms with Crippen LogP contribution in [0.1, 0.15) is 23.2 Å². The Labute approximate surface area is 117 Å². The summed E-state index contributed by atoms with van der Waals surface area (Å²) in [6.45, 7) is 1.47. The van der Waals surface area contributed by atoms with E-state index in [2.05, 4.69) is 31.9 Å². The van der Waals surface area contributed by atoms with Gasteiger partial charge in [0.2, 0.25) is 0 Å². The second-order valence-electron chi connectivity index (χ2n) is 4.13. The molecule has 1 heterocycles. The minimum Gasteiger partial charge on any atom is -0.507 e. The fraction of sp³-hybridized carbons (Fsp3) is 0.417. The molecule has 0 radical (unpaired) electrons. The normalized spacial score (nSPS) is 17.2. The van der Waals surface area contributed by atoms with Gasteiger partial charge < -0.3 is 10.0 Å². The molecule has 1 aromatic carbocycles. The Bertz CT molecular complexity index is 429. The van der Waals surface area contributed by atoms with Crippen LogP contribution in [0.25, 0.3) is 0 Å². The van der Waals surface area contributed by atoms with Crippen molar-refractivity contribution >= 4 is 37.8 Å². The van der Waals surface area contributed by atoms with E-state index >= 15 is 0 Å². The van der Waals surface area contributed by atoms with Crippen LogP contribution in [0.3, 0.4) is 0 Å². The molecule has 1 amide bonds. The number of likely N-dealkylation sites (tertiary alicyclic amines) is 1. The first-order chi connectivity index (χ1) is 8.08. The van der Waals surface area contributed by atoms with Crippen LogP contribution in [-0.2, 0) is 0 Å². The number of aromatic hydroxyl groups is 1. The van der Waals surface area contributed by atoms with Gasteiger partial charge in [-0.25, -0.2) is 0 Å². The van der Waals surface area contributed by atoms with Crippen molar-refractivity contribution in [3.63, 3.8) is 0 Å². The summed E-state index contributed by atoms with van der Waals surface area (Å²) in [6, 6.07) is 4.92. The van der Waals surface area contributed by atoms with Gasteiger partial charge in [-0.1, -0.05) is 31.9 Å². The molecule has 1 fully saturated rings. The lowest BCUT2D eigenvalue weighted by Crippen LogP contribution is -2.38. The van der Waals surface area contributed by atoms with Crippen LogP contribution in [0.4, 0.5) is 0 Å². The van der Waals surface area contributed by atoms with E-state index in [0.29, 0.717) is 10.4 Å². The predicted octanol–water partition coefficient (Wildman–Crippen LogP) is 3.15. The van der Waals surface area contributed by atoms with Gasteiger partial charge in [0.15, 0.2) is 0 Å². The maximum atomic E-state index is 12.2. The van der Waals surface area contributed by atoms with Crippen molar-refractivity contribution in [3.05, 3.63) is 28.2 Å². The number of piperidine rings is 1. The van der Waals surface area contributed by atoms with Crippen molar-refractivity contribution < 1.29 is 9.90 Å². The molecule has 3 nitrogen and oxygen atoms in total. The van der Waals surface area contributed by atoms with Gasteiger partial charge in [-0.05, 0) is 31.0 Å². The smallest absolute Gasteiger partial charge is 0.257 e. The average Bonchev–Trinajstić information content (AvgIpc) is 2.32. The third-order valence-corrected chi connectivity index (χ3v) is 4.31. The topological polar surface area (TPSA) is 40.5 Å². The van der Waals surface area contributed by atoms with Crippen LogP contribution >= 0.6 is 31.9 Å². The Morgan fingerprint density at radius 3 is 2.65 bits per heavy atom. The van der Waals surface area contributed by atoms with E-state index in [1.807, 2.05) is 0 Å². The van der Waals surface area contributed by atoms with Crippen LogP contribution < -0.4 is 0 Å². The monoisotopic (exact) mass is 361 g/mol. The standard InChI is InChI=1S/C12H13Br2NO2/c13-8-3-5-15(6-4-8)12(17)10-7-9(14)1-2-11(10)16/h1-2,7-8,16H,3-6H2. The fourth-order valence-corrected chi connectivity index (χ4v) is 2.67. The number of halogens is 2. The number of phenolic OH excluding ortho intramolecular Hbond substituents is 1. The quantitative estimate of drug-likeness (QED) is 0.779. The number of rotatable bonds is 1. The number of amides is 1. The summed E-state index contributed by atoms with van der Waals surface area (Å²) in [5.74, 6) is -0.0534. The second-order valence-corrected chi connectivity index (χ2v) is 6.34. The fourth-order valence-electron chi connectivity index (χ4n) is 1.90. The molecule has 5 heteroatoms. The zero-order chi connectivity index (χ0) is 12.4. The third-order valence-electron chi connectivity index (χ3n) is 2.90. The van der Waals surface area contributed by atoms with Crippen LogP contribution in [0, 0.1) is 0 Å². The van der Waals surface area contributed by atoms with Crippen LogP contribution in [0.5, 0.6) is 5.75 Å². The number of benzene rings is 1. The van der Waals surface area contributed by atoms with Gasteiger partial charge in [0.25, 0.3) is 5.91 Å². The molecular weight excluding hydrogens is 350 g/mol. The molecular formula is C12H13Br2NO2. The molecule has 0 saturated carbocycles. The van der Waals surface area contributed by atoms with E-state index in [4.69, 9.17) is 0 Å². The van der Waals surface area contributed by atoms with E-state index in [1.165, 1.54) is 6.07 Å². The third kappa shape index (κ3) is 3.01. The van der Waals surface area contributed by atoms with Crippen molar-refractivity contribution in [2.45, 2.75) is 17.7 Å². The number of alkyl halides is 1. The van der Waals surface area contributed by atoms with Gasteiger partial charge in [0.05, 0.1) is 5.56 Å². The second kappa shape index (κ2) is 5.40. The van der Waals surface area contributed by atoms with Gasteiger partial charge in [-0.2, -0.15) is 0 Å². The van der Waals surface area contributed by atoms with Gasteiger partial charge in [-0.3, -0.25) is 4.79 Å². The first kappa shape index (κ1) is 12.9. The molecule has 0 aromatic heterocycles. The van der Waals surface area contributed by atoms with Gasteiger partial charge in [0, 0.05) is 22.4 Å². The lowest BCUT2D eigenvalue weighted by atomic mass is 10.1. The molecule has 0 bridgehead atoms. The molecule has 92 valence electrons. The summed E-state index contributed by atoms with van der Waals surface area (Å²) >= 11 is 6.86. The highest BCUT2D eigenvalue weighted by atomic mass is 79.9. The zero-order valence-electron chi connectivity index (χ0n) is 9.20. The highest BCUT2D eigenvalue weighted by molar-refractivity contribution is 9.10. The lowest BCUT2D eigenvalue weighted by molar-refractivity contribution is 0.0725. The molecule has 0 atom stereocenters.